The van der Waals surface area contributed by atoms with Crippen LogP contribution in [0.2, 0.25) is 0 Å². The number of rotatable bonds is 3. The highest BCUT2D eigenvalue weighted by Gasteiger charge is 2.34. The van der Waals surface area contributed by atoms with Crippen LogP contribution in [0.5, 0.6) is 5.75 Å². The molecule has 0 saturated heterocycles. The minimum atomic E-state index is -4.50. The lowest BCUT2D eigenvalue weighted by Gasteiger charge is -2.13. The fourth-order valence-electron chi connectivity index (χ4n) is 1.68. The number of ether oxygens (including phenoxy) is 1. The Labute approximate surface area is 124 Å². The molecule has 0 aliphatic heterocycles. The minimum absolute atomic E-state index is 0.0126. The van der Waals surface area contributed by atoms with Crippen molar-refractivity contribution < 1.29 is 17.9 Å². The highest BCUT2D eigenvalue weighted by Crippen LogP contribution is 2.40. The molecule has 2 nitrogen and oxygen atoms in total. The average Bonchev–Trinajstić information content (AvgIpc) is 2.47. The van der Waals surface area contributed by atoms with Crippen molar-refractivity contribution in [1.29, 1.82) is 5.26 Å². The number of alkyl halides is 3. The zero-order valence-corrected chi connectivity index (χ0v) is 11.8. The molecule has 0 amide bonds. The fraction of sp³-hybridized carbons (Fsp3) is 0.133. The Hall–Kier alpha value is -2.13. The summed E-state index contributed by atoms with van der Waals surface area (Å²) in [7, 11) is 1.52. The van der Waals surface area contributed by atoms with Crippen LogP contribution >= 0.6 is 11.8 Å². The van der Waals surface area contributed by atoms with Crippen molar-refractivity contribution in [3.8, 4) is 11.8 Å². The van der Waals surface area contributed by atoms with Gasteiger partial charge in [-0.3, -0.25) is 0 Å². The number of halogens is 3. The summed E-state index contributed by atoms with van der Waals surface area (Å²) in [5.41, 5.74) is -0.816. The van der Waals surface area contributed by atoms with E-state index in [4.69, 9.17) is 10.00 Å². The van der Waals surface area contributed by atoms with Crippen molar-refractivity contribution >= 4 is 11.8 Å². The van der Waals surface area contributed by atoms with E-state index in [9.17, 15) is 13.2 Å². The number of hydrogen-bond acceptors (Lipinski definition) is 3. The molecule has 108 valence electrons. The van der Waals surface area contributed by atoms with Gasteiger partial charge in [-0.15, -0.1) is 0 Å². The second kappa shape index (κ2) is 6.10. The third-order valence-electron chi connectivity index (χ3n) is 2.70. The molecular weight excluding hydrogens is 299 g/mol. The van der Waals surface area contributed by atoms with Gasteiger partial charge < -0.3 is 4.74 Å². The number of hydrogen-bond donors (Lipinski definition) is 0. The van der Waals surface area contributed by atoms with Crippen molar-refractivity contribution in [2.24, 2.45) is 0 Å². The van der Waals surface area contributed by atoms with E-state index in [1.54, 1.807) is 30.3 Å². The van der Waals surface area contributed by atoms with E-state index in [0.29, 0.717) is 10.6 Å². The zero-order chi connectivity index (χ0) is 15.5. The van der Waals surface area contributed by atoms with Gasteiger partial charge in [0.05, 0.1) is 24.3 Å². The van der Waals surface area contributed by atoms with Gasteiger partial charge in [0.25, 0.3) is 0 Å². The summed E-state index contributed by atoms with van der Waals surface area (Å²) in [5, 5.41) is 8.73. The van der Waals surface area contributed by atoms with Crippen LogP contribution in [-0.2, 0) is 6.18 Å². The second-order valence-electron chi connectivity index (χ2n) is 4.10. The van der Waals surface area contributed by atoms with Crippen molar-refractivity contribution in [1.82, 2.24) is 0 Å². The summed E-state index contributed by atoms with van der Waals surface area (Å²) >= 11 is 0.995. The Kier molecular flexibility index (Phi) is 4.43. The van der Waals surface area contributed by atoms with Crippen molar-refractivity contribution in [3.63, 3.8) is 0 Å². The van der Waals surface area contributed by atoms with E-state index < -0.39 is 11.7 Å². The molecule has 0 fully saturated rings. The Morgan fingerprint density at radius 2 is 1.76 bits per heavy atom. The van der Waals surface area contributed by atoms with Gasteiger partial charge in [0.15, 0.2) is 0 Å². The van der Waals surface area contributed by atoms with Crippen LogP contribution < -0.4 is 4.74 Å². The molecule has 0 bridgehead atoms. The third-order valence-corrected chi connectivity index (χ3v) is 3.79. The highest BCUT2D eigenvalue weighted by molar-refractivity contribution is 7.99. The standard InChI is InChI=1S/C15H10F3NOS/c1-20-11-3-5-12(6-4-11)21-14-7-2-10(9-19)8-13(14)15(16,17)18/h2-8H,1H3. The van der Waals surface area contributed by atoms with Crippen LogP contribution in [0.1, 0.15) is 11.1 Å². The molecule has 2 aromatic carbocycles. The van der Waals surface area contributed by atoms with Gasteiger partial charge in [-0.1, -0.05) is 11.8 Å². The SMILES string of the molecule is COc1ccc(Sc2ccc(C#N)cc2C(F)(F)F)cc1. The molecule has 0 radical (unpaired) electrons. The summed E-state index contributed by atoms with van der Waals surface area (Å²) in [6, 6.07) is 12.0. The van der Waals surface area contributed by atoms with E-state index >= 15 is 0 Å². The summed E-state index contributed by atoms with van der Waals surface area (Å²) in [6.45, 7) is 0. The van der Waals surface area contributed by atoms with Crippen molar-refractivity contribution in [3.05, 3.63) is 53.6 Å². The van der Waals surface area contributed by atoms with Gasteiger partial charge in [0.1, 0.15) is 5.75 Å². The number of benzene rings is 2. The number of nitrogens with zero attached hydrogens (tertiary/aromatic N) is 1. The molecule has 0 atom stereocenters. The van der Waals surface area contributed by atoms with Gasteiger partial charge in [-0.05, 0) is 42.5 Å². The molecule has 6 heteroatoms. The lowest BCUT2D eigenvalue weighted by molar-refractivity contribution is -0.139. The van der Waals surface area contributed by atoms with E-state index in [1.807, 2.05) is 0 Å². The zero-order valence-electron chi connectivity index (χ0n) is 10.9. The first-order chi connectivity index (χ1) is 9.94. The summed E-state index contributed by atoms with van der Waals surface area (Å²) in [5.74, 6) is 0.634. The Bertz CT molecular complexity index is 675. The maximum Gasteiger partial charge on any atom is 0.417 e. The average molecular weight is 309 g/mol. The third kappa shape index (κ3) is 3.70. The van der Waals surface area contributed by atoms with Gasteiger partial charge in [0, 0.05) is 9.79 Å². The molecule has 0 saturated carbocycles. The second-order valence-corrected chi connectivity index (χ2v) is 5.21. The maximum absolute atomic E-state index is 13.0. The molecule has 2 rings (SSSR count). The molecule has 21 heavy (non-hydrogen) atoms. The van der Waals surface area contributed by atoms with Crippen LogP contribution in [0.4, 0.5) is 13.2 Å². The lowest BCUT2D eigenvalue weighted by atomic mass is 10.1. The molecule has 0 spiro atoms. The molecule has 0 N–H and O–H groups in total. The van der Waals surface area contributed by atoms with E-state index in [2.05, 4.69) is 0 Å². The van der Waals surface area contributed by atoms with Crippen LogP contribution in [0, 0.1) is 11.3 Å². The summed E-state index contributed by atoms with van der Waals surface area (Å²) in [4.78, 5) is 0.720. The Balaban J connectivity index is 2.36. The molecule has 0 aromatic heterocycles. The lowest BCUT2D eigenvalue weighted by Crippen LogP contribution is -2.07. The van der Waals surface area contributed by atoms with Gasteiger partial charge >= 0.3 is 6.18 Å². The molecule has 0 heterocycles. The smallest absolute Gasteiger partial charge is 0.417 e. The summed E-state index contributed by atoms with van der Waals surface area (Å²) in [6.07, 6.45) is -4.50. The summed E-state index contributed by atoms with van der Waals surface area (Å²) < 4.78 is 44.1. The number of methoxy groups -OCH3 is 1. The van der Waals surface area contributed by atoms with Crippen LogP contribution in [0.3, 0.4) is 0 Å². The van der Waals surface area contributed by atoms with E-state index in [-0.39, 0.29) is 10.5 Å². The van der Waals surface area contributed by atoms with Gasteiger partial charge in [0.2, 0.25) is 0 Å². The maximum atomic E-state index is 13.0. The minimum Gasteiger partial charge on any atom is -0.497 e. The normalized spacial score (nSPS) is 11.0. The molecule has 0 aliphatic carbocycles. The highest BCUT2D eigenvalue weighted by atomic mass is 32.2. The van der Waals surface area contributed by atoms with Crippen molar-refractivity contribution in [2.45, 2.75) is 16.0 Å². The first-order valence-electron chi connectivity index (χ1n) is 5.87. The largest absolute Gasteiger partial charge is 0.497 e. The van der Waals surface area contributed by atoms with Crippen LogP contribution in [0.15, 0.2) is 52.3 Å². The Morgan fingerprint density at radius 1 is 1.10 bits per heavy atom. The predicted octanol–water partition coefficient (Wildman–Crippen LogP) is 4.74. The molecular formula is C15H10F3NOS. The van der Waals surface area contributed by atoms with Crippen LogP contribution in [-0.4, -0.2) is 7.11 Å². The molecule has 2 aromatic rings. The first-order valence-corrected chi connectivity index (χ1v) is 6.69. The predicted molar refractivity (Wildman–Crippen MR) is 73.3 cm³/mol. The first kappa shape index (κ1) is 15.3. The molecule has 0 aliphatic rings. The van der Waals surface area contributed by atoms with E-state index in [0.717, 1.165) is 17.8 Å². The van der Waals surface area contributed by atoms with Crippen molar-refractivity contribution in [2.75, 3.05) is 7.11 Å². The fourth-order valence-corrected chi connectivity index (χ4v) is 2.63. The Morgan fingerprint density at radius 3 is 2.29 bits per heavy atom. The topological polar surface area (TPSA) is 33.0 Å². The van der Waals surface area contributed by atoms with E-state index in [1.165, 1.54) is 19.2 Å². The van der Waals surface area contributed by atoms with Gasteiger partial charge in [-0.2, -0.15) is 18.4 Å². The van der Waals surface area contributed by atoms with Gasteiger partial charge in [-0.25, -0.2) is 0 Å². The molecule has 0 unspecified atom stereocenters. The number of nitriles is 1. The quantitative estimate of drug-likeness (QED) is 0.821. The van der Waals surface area contributed by atoms with Crippen LogP contribution in [0.25, 0.3) is 0 Å². The monoisotopic (exact) mass is 309 g/mol.